The van der Waals surface area contributed by atoms with Crippen LogP contribution in [0.15, 0.2) is 46.6 Å². The second-order valence-electron chi connectivity index (χ2n) is 8.18. The third-order valence-electron chi connectivity index (χ3n) is 5.99. The molecule has 1 fully saturated rings. The molecule has 0 saturated carbocycles. The summed E-state index contributed by atoms with van der Waals surface area (Å²) in [5, 5.41) is 24.0. The van der Waals surface area contributed by atoms with E-state index < -0.39 is 11.7 Å². The van der Waals surface area contributed by atoms with Crippen LogP contribution in [0.5, 0.6) is 11.6 Å². The molecule has 3 heterocycles. The van der Waals surface area contributed by atoms with Crippen LogP contribution in [-0.2, 0) is 12.6 Å². The molecule has 3 aromatic rings. The molecule has 0 amide bonds. The van der Waals surface area contributed by atoms with E-state index in [0.717, 1.165) is 37.8 Å². The van der Waals surface area contributed by atoms with Crippen molar-refractivity contribution in [3.63, 3.8) is 0 Å². The molecule has 0 bridgehead atoms. The number of methoxy groups -OCH3 is 1. The summed E-state index contributed by atoms with van der Waals surface area (Å²) in [6.45, 7) is 3.05. The Morgan fingerprint density at radius 3 is 2.71 bits per heavy atom. The third-order valence-corrected chi connectivity index (χ3v) is 7.15. The summed E-state index contributed by atoms with van der Waals surface area (Å²) in [7, 11) is 1.33. The van der Waals surface area contributed by atoms with Gasteiger partial charge in [0.05, 0.1) is 29.1 Å². The van der Waals surface area contributed by atoms with Crippen molar-refractivity contribution in [1.29, 1.82) is 0 Å². The van der Waals surface area contributed by atoms with Gasteiger partial charge in [-0.05, 0) is 40.6 Å². The van der Waals surface area contributed by atoms with Gasteiger partial charge in [-0.1, -0.05) is 23.5 Å². The number of rotatable bonds is 5. The van der Waals surface area contributed by atoms with E-state index in [2.05, 4.69) is 25.4 Å². The van der Waals surface area contributed by atoms with Crippen LogP contribution < -0.4 is 25.5 Å². The van der Waals surface area contributed by atoms with Gasteiger partial charge in [0.25, 0.3) is 0 Å². The molecule has 0 unspecified atom stereocenters. The number of aromatic nitrogens is 1. The summed E-state index contributed by atoms with van der Waals surface area (Å²) in [6, 6.07) is 9.31. The maximum Gasteiger partial charge on any atom is 0.416 e. The number of piperazine rings is 1. The van der Waals surface area contributed by atoms with Crippen LogP contribution in [0.1, 0.15) is 21.6 Å². The number of aromatic hydroxyl groups is 1. The number of halogens is 3. The largest absolute Gasteiger partial charge is 0.497 e. The molecule has 2 aromatic carbocycles. The molecule has 7 nitrogen and oxygen atoms in total. The van der Waals surface area contributed by atoms with E-state index >= 15 is 0 Å². The van der Waals surface area contributed by atoms with E-state index in [9.17, 15) is 18.3 Å². The summed E-state index contributed by atoms with van der Waals surface area (Å²) in [5.74, 6) is -0.0703. The molecular weight excluding hydrogens is 479 g/mol. The molecule has 1 saturated heterocycles. The van der Waals surface area contributed by atoms with Crippen LogP contribution in [0, 0.1) is 0 Å². The fourth-order valence-corrected chi connectivity index (χ4v) is 5.26. The molecule has 182 valence electrons. The second kappa shape index (κ2) is 9.31. The minimum Gasteiger partial charge on any atom is -0.497 e. The number of alkyl halides is 3. The third kappa shape index (κ3) is 4.73. The van der Waals surface area contributed by atoms with Gasteiger partial charge in [0.15, 0.2) is 5.13 Å². The molecule has 1 aromatic heterocycles. The monoisotopic (exact) mass is 501 g/mol. The highest BCUT2D eigenvalue weighted by Gasteiger charge is 2.34. The Kier molecular flexibility index (Phi) is 6.20. The Morgan fingerprint density at radius 1 is 1.17 bits per heavy atom. The number of hydrogen-bond acceptors (Lipinski definition) is 8. The first-order valence-electron chi connectivity index (χ1n) is 11.0. The van der Waals surface area contributed by atoms with Crippen molar-refractivity contribution < 1.29 is 23.0 Å². The van der Waals surface area contributed by atoms with Crippen LogP contribution in [0.2, 0.25) is 0 Å². The lowest BCUT2D eigenvalue weighted by atomic mass is 9.96. The molecule has 2 aliphatic rings. The lowest BCUT2D eigenvalue weighted by Crippen LogP contribution is -2.43. The molecule has 0 atom stereocenters. The van der Waals surface area contributed by atoms with Gasteiger partial charge < -0.3 is 20.1 Å². The number of hydrogen-bond donors (Lipinski definition) is 2. The smallest absolute Gasteiger partial charge is 0.416 e. The van der Waals surface area contributed by atoms with Gasteiger partial charge >= 0.3 is 6.18 Å². The fraction of sp³-hybridized carbons (Fsp3) is 0.292. The van der Waals surface area contributed by atoms with E-state index in [1.807, 2.05) is 6.07 Å². The van der Waals surface area contributed by atoms with Crippen molar-refractivity contribution in [2.45, 2.75) is 12.6 Å². The number of anilines is 1. The zero-order valence-electron chi connectivity index (χ0n) is 18.8. The maximum atomic E-state index is 14.0. The van der Waals surface area contributed by atoms with Crippen LogP contribution in [0.25, 0.3) is 5.57 Å². The van der Waals surface area contributed by atoms with E-state index in [-0.39, 0.29) is 23.6 Å². The van der Waals surface area contributed by atoms with Gasteiger partial charge in [0, 0.05) is 38.2 Å². The minimum absolute atomic E-state index is 0.0668. The van der Waals surface area contributed by atoms with Crippen molar-refractivity contribution >= 4 is 28.3 Å². The zero-order chi connectivity index (χ0) is 24.6. The standard InChI is InChI=1S/C24H22F3N5O2S/c1-34-17-4-2-15(19(12-17)24(25,26)27)11-18(14-3-5-20-16(10-14)13-29-31-20)21-22(33)30-23(35-21)32-8-6-28-7-9-32/h2-5,10,12-13,28,33H,6-9,11H2,1H3. The second-order valence-corrected chi connectivity index (χ2v) is 9.16. The molecular formula is C24H22F3N5O2S. The zero-order valence-corrected chi connectivity index (χ0v) is 19.6. The topological polar surface area (TPSA) is 82.3 Å². The van der Waals surface area contributed by atoms with E-state index in [1.54, 1.807) is 18.3 Å². The Morgan fingerprint density at radius 2 is 1.97 bits per heavy atom. The van der Waals surface area contributed by atoms with Gasteiger partial charge in [-0.3, -0.25) is 0 Å². The molecule has 5 rings (SSSR count). The molecule has 35 heavy (non-hydrogen) atoms. The molecule has 2 N–H and O–H groups in total. The van der Waals surface area contributed by atoms with Crippen LogP contribution in [0.3, 0.4) is 0 Å². The fourth-order valence-electron chi connectivity index (χ4n) is 4.18. The Balaban J connectivity index is 1.67. The van der Waals surface area contributed by atoms with Gasteiger partial charge in [0.2, 0.25) is 5.88 Å². The Bertz CT molecular complexity index is 1410. The first kappa shape index (κ1) is 23.3. The minimum atomic E-state index is -4.57. The van der Waals surface area contributed by atoms with Crippen molar-refractivity contribution in [2.24, 2.45) is 10.2 Å². The quantitative estimate of drug-likeness (QED) is 0.562. The lowest BCUT2D eigenvalue weighted by molar-refractivity contribution is -0.138. The maximum absolute atomic E-state index is 14.0. The molecule has 0 aliphatic carbocycles. The van der Waals surface area contributed by atoms with Crippen molar-refractivity contribution in [2.75, 3.05) is 38.2 Å². The van der Waals surface area contributed by atoms with Crippen molar-refractivity contribution in [1.82, 2.24) is 10.3 Å². The number of benzene rings is 2. The van der Waals surface area contributed by atoms with Gasteiger partial charge in [-0.2, -0.15) is 28.4 Å². The molecule has 2 aliphatic heterocycles. The summed E-state index contributed by atoms with van der Waals surface area (Å²) in [5.41, 5.74) is 0.597. The number of nitrogens with zero attached hydrogens (tertiary/aromatic N) is 4. The predicted octanol–water partition coefficient (Wildman–Crippen LogP) is 2.69. The highest BCUT2D eigenvalue weighted by molar-refractivity contribution is 7.17. The summed E-state index contributed by atoms with van der Waals surface area (Å²) >= 11 is 1.28. The first-order chi connectivity index (χ1) is 16.8. The van der Waals surface area contributed by atoms with Gasteiger partial charge in [-0.15, -0.1) is 0 Å². The summed E-state index contributed by atoms with van der Waals surface area (Å²) < 4.78 is 46.9. The van der Waals surface area contributed by atoms with Gasteiger partial charge in [0.1, 0.15) is 5.75 Å². The van der Waals surface area contributed by atoms with E-state index in [1.165, 1.54) is 30.6 Å². The highest BCUT2D eigenvalue weighted by Crippen LogP contribution is 2.39. The van der Waals surface area contributed by atoms with Crippen LogP contribution >= 0.6 is 11.3 Å². The van der Waals surface area contributed by atoms with Crippen LogP contribution in [0.4, 0.5) is 18.3 Å². The molecule has 11 heteroatoms. The highest BCUT2D eigenvalue weighted by atomic mass is 32.1. The molecule has 0 spiro atoms. The van der Waals surface area contributed by atoms with E-state index in [0.29, 0.717) is 26.2 Å². The van der Waals surface area contributed by atoms with Gasteiger partial charge in [-0.25, -0.2) is 0 Å². The number of nitrogens with one attached hydrogen (secondary N) is 1. The predicted molar refractivity (Wildman–Crippen MR) is 128 cm³/mol. The number of thiazole rings is 1. The average Bonchev–Trinajstić information content (AvgIpc) is 3.48. The SMILES string of the molecule is COc1ccc(CC(c2sc(N3CCNCC3)nc2O)=c2ccc3c(c2)C=NN=3)c(C(F)(F)F)c1. The summed E-state index contributed by atoms with van der Waals surface area (Å²) in [6.07, 6.45) is -3.04. The van der Waals surface area contributed by atoms with Crippen LogP contribution in [-0.4, -0.2) is 49.6 Å². The Labute approximate surface area is 202 Å². The average molecular weight is 502 g/mol. The first-order valence-corrected chi connectivity index (χ1v) is 11.8. The number of fused-ring (bicyclic) bond motifs is 1. The normalized spacial score (nSPS) is 16.2. The summed E-state index contributed by atoms with van der Waals surface area (Å²) in [4.78, 5) is 6.86. The Hall–Kier alpha value is -3.44. The molecule has 0 radical (unpaired) electrons. The number of ether oxygens (including phenoxy) is 1. The van der Waals surface area contributed by atoms with Crippen molar-refractivity contribution in [3.8, 4) is 11.6 Å². The van der Waals surface area contributed by atoms with E-state index in [4.69, 9.17) is 4.74 Å². The van der Waals surface area contributed by atoms with Crippen molar-refractivity contribution in [3.05, 3.63) is 68.5 Å². The lowest BCUT2D eigenvalue weighted by Gasteiger charge is -2.26.